The first-order chi connectivity index (χ1) is 6.75. The van der Waals surface area contributed by atoms with E-state index in [9.17, 15) is 0 Å². The van der Waals surface area contributed by atoms with Crippen LogP contribution in [-0.2, 0) is 0 Å². The van der Waals surface area contributed by atoms with Crippen molar-refractivity contribution < 1.29 is 0 Å². The van der Waals surface area contributed by atoms with Crippen LogP contribution in [0.2, 0.25) is 0 Å². The zero-order valence-corrected chi connectivity index (χ0v) is 8.59. The van der Waals surface area contributed by atoms with Gasteiger partial charge in [0.25, 0.3) is 0 Å². The van der Waals surface area contributed by atoms with Gasteiger partial charge >= 0.3 is 0 Å². The Morgan fingerprint density at radius 3 is 2.79 bits per heavy atom. The summed E-state index contributed by atoms with van der Waals surface area (Å²) in [7, 11) is 0. The van der Waals surface area contributed by atoms with E-state index in [1.807, 2.05) is 19.1 Å². The Labute approximate surface area is 84.7 Å². The predicted molar refractivity (Wildman–Crippen MR) is 59.3 cm³/mol. The van der Waals surface area contributed by atoms with Crippen LogP contribution in [0, 0.1) is 6.92 Å². The number of rotatable bonds is 2. The maximum absolute atomic E-state index is 5.84. The maximum Gasteiger partial charge on any atom is 0.149 e. The van der Waals surface area contributed by atoms with Crippen molar-refractivity contribution in [1.29, 1.82) is 0 Å². The number of hydrogen-bond acceptors (Lipinski definition) is 3. The summed E-state index contributed by atoms with van der Waals surface area (Å²) in [6.45, 7) is 1.99. The van der Waals surface area contributed by atoms with Crippen molar-refractivity contribution in [2.24, 2.45) is 0 Å². The monoisotopic (exact) mass is 191 g/mol. The van der Waals surface area contributed by atoms with Crippen LogP contribution in [-0.4, -0.2) is 11.0 Å². The molecule has 0 atom stereocenters. The first-order valence-corrected chi connectivity index (χ1v) is 5.25. The second-order valence-electron chi connectivity index (χ2n) is 4.02. The topological polar surface area (TPSA) is 50.9 Å². The third-order valence-electron chi connectivity index (χ3n) is 2.76. The summed E-state index contributed by atoms with van der Waals surface area (Å²) >= 11 is 0. The molecule has 0 bridgehead atoms. The van der Waals surface area contributed by atoms with Crippen LogP contribution in [0.15, 0.2) is 12.1 Å². The SMILES string of the molecule is Cc1ccc(N)c(NC2CCCC2)n1. The zero-order chi connectivity index (χ0) is 9.97. The highest BCUT2D eigenvalue weighted by Crippen LogP contribution is 2.24. The molecule has 14 heavy (non-hydrogen) atoms. The average Bonchev–Trinajstić information content (AvgIpc) is 2.64. The van der Waals surface area contributed by atoms with Gasteiger partial charge in [0.2, 0.25) is 0 Å². The molecule has 2 rings (SSSR count). The van der Waals surface area contributed by atoms with Gasteiger partial charge in [-0.15, -0.1) is 0 Å². The molecule has 0 aromatic carbocycles. The molecule has 3 nitrogen and oxygen atoms in total. The lowest BCUT2D eigenvalue weighted by atomic mass is 10.2. The van der Waals surface area contributed by atoms with Crippen LogP contribution < -0.4 is 11.1 Å². The van der Waals surface area contributed by atoms with E-state index in [1.165, 1.54) is 25.7 Å². The molecular formula is C11H17N3. The van der Waals surface area contributed by atoms with Gasteiger partial charge in [0, 0.05) is 11.7 Å². The Bertz CT molecular complexity index is 316. The molecule has 1 aliphatic rings. The van der Waals surface area contributed by atoms with Gasteiger partial charge in [-0.05, 0) is 31.9 Å². The predicted octanol–water partition coefficient (Wildman–Crippen LogP) is 2.33. The number of aromatic nitrogens is 1. The Morgan fingerprint density at radius 2 is 2.07 bits per heavy atom. The van der Waals surface area contributed by atoms with E-state index in [1.54, 1.807) is 0 Å². The highest BCUT2D eigenvalue weighted by atomic mass is 15.0. The summed E-state index contributed by atoms with van der Waals surface area (Å²) in [4.78, 5) is 4.40. The van der Waals surface area contributed by atoms with Crippen LogP contribution in [0.25, 0.3) is 0 Å². The molecule has 3 N–H and O–H groups in total. The molecule has 0 radical (unpaired) electrons. The highest BCUT2D eigenvalue weighted by molar-refractivity contribution is 5.61. The average molecular weight is 191 g/mol. The van der Waals surface area contributed by atoms with Crippen molar-refractivity contribution in [1.82, 2.24) is 4.98 Å². The molecule has 1 aromatic rings. The third kappa shape index (κ3) is 1.97. The first kappa shape index (κ1) is 9.31. The van der Waals surface area contributed by atoms with Gasteiger partial charge < -0.3 is 11.1 Å². The van der Waals surface area contributed by atoms with E-state index in [0.717, 1.165) is 17.2 Å². The van der Waals surface area contributed by atoms with Crippen molar-refractivity contribution in [2.45, 2.75) is 38.6 Å². The molecule has 1 saturated carbocycles. The number of anilines is 2. The summed E-state index contributed by atoms with van der Waals surface area (Å²) in [5.41, 5.74) is 7.61. The van der Waals surface area contributed by atoms with Crippen molar-refractivity contribution in [2.75, 3.05) is 11.1 Å². The molecule has 0 aliphatic heterocycles. The van der Waals surface area contributed by atoms with Gasteiger partial charge in [0.05, 0.1) is 5.69 Å². The van der Waals surface area contributed by atoms with Crippen molar-refractivity contribution in [3.8, 4) is 0 Å². The number of nitrogens with one attached hydrogen (secondary N) is 1. The highest BCUT2D eigenvalue weighted by Gasteiger charge is 2.15. The Morgan fingerprint density at radius 1 is 1.36 bits per heavy atom. The fraction of sp³-hybridized carbons (Fsp3) is 0.545. The number of nitrogens with zero attached hydrogens (tertiary/aromatic N) is 1. The second kappa shape index (κ2) is 3.86. The molecule has 1 fully saturated rings. The minimum Gasteiger partial charge on any atom is -0.396 e. The molecule has 76 valence electrons. The summed E-state index contributed by atoms with van der Waals surface area (Å²) in [5, 5.41) is 3.41. The van der Waals surface area contributed by atoms with Gasteiger partial charge in [-0.2, -0.15) is 0 Å². The molecular weight excluding hydrogens is 174 g/mol. The molecule has 0 saturated heterocycles. The fourth-order valence-corrected chi connectivity index (χ4v) is 1.95. The van der Waals surface area contributed by atoms with E-state index < -0.39 is 0 Å². The van der Waals surface area contributed by atoms with Gasteiger partial charge in [-0.1, -0.05) is 12.8 Å². The van der Waals surface area contributed by atoms with Crippen LogP contribution in [0.3, 0.4) is 0 Å². The molecule has 0 unspecified atom stereocenters. The molecule has 1 aliphatic carbocycles. The van der Waals surface area contributed by atoms with Crippen molar-refractivity contribution >= 4 is 11.5 Å². The minimum atomic E-state index is 0.576. The van der Waals surface area contributed by atoms with Crippen molar-refractivity contribution in [3.05, 3.63) is 17.8 Å². The molecule has 0 spiro atoms. The van der Waals surface area contributed by atoms with Crippen molar-refractivity contribution in [3.63, 3.8) is 0 Å². The quantitative estimate of drug-likeness (QED) is 0.754. The van der Waals surface area contributed by atoms with Gasteiger partial charge in [-0.3, -0.25) is 0 Å². The Kier molecular flexibility index (Phi) is 2.57. The lowest BCUT2D eigenvalue weighted by Crippen LogP contribution is -2.16. The molecule has 1 heterocycles. The van der Waals surface area contributed by atoms with E-state index in [0.29, 0.717) is 6.04 Å². The number of aryl methyl sites for hydroxylation is 1. The number of nitrogens with two attached hydrogens (primary N) is 1. The molecule has 1 aromatic heterocycles. The van der Waals surface area contributed by atoms with E-state index in [4.69, 9.17) is 5.73 Å². The summed E-state index contributed by atoms with van der Waals surface area (Å²) < 4.78 is 0. The lowest BCUT2D eigenvalue weighted by molar-refractivity contribution is 0.750. The first-order valence-electron chi connectivity index (χ1n) is 5.25. The van der Waals surface area contributed by atoms with E-state index in [-0.39, 0.29) is 0 Å². The number of hydrogen-bond donors (Lipinski definition) is 2. The summed E-state index contributed by atoms with van der Waals surface area (Å²) in [5.74, 6) is 0.858. The summed E-state index contributed by atoms with van der Waals surface area (Å²) in [6.07, 6.45) is 5.14. The van der Waals surface area contributed by atoms with Crippen LogP contribution in [0.4, 0.5) is 11.5 Å². The van der Waals surface area contributed by atoms with Gasteiger partial charge in [-0.25, -0.2) is 4.98 Å². The zero-order valence-electron chi connectivity index (χ0n) is 8.59. The van der Waals surface area contributed by atoms with E-state index in [2.05, 4.69) is 10.3 Å². The van der Waals surface area contributed by atoms with Crippen LogP contribution >= 0.6 is 0 Å². The second-order valence-corrected chi connectivity index (χ2v) is 4.02. The standard InChI is InChI=1S/C11H17N3/c1-8-6-7-10(12)11(13-8)14-9-4-2-3-5-9/h6-7,9H,2-5,12H2,1H3,(H,13,14). The lowest BCUT2D eigenvalue weighted by Gasteiger charge is -2.14. The maximum atomic E-state index is 5.84. The normalized spacial score (nSPS) is 17.2. The minimum absolute atomic E-state index is 0.576. The van der Waals surface area contributed by atoms with E-state index >= 15 is 0 Å². The van der Waals surface area contributed by atoms with Crippen LogP contribution in [0.5, 0.6) is 0 Å². The van der Waals surface area contributed by atoms with Gasteiger partial charge in [0.15, 0.2) is 0 Å². The summed E-state index contributed by atoms with van der Waals surface area (Å²) in [6, 6.07) is 4.43. The number of nitrogen functional groups attached to an aromatic ring is 1. The molecule has 3 heteroatoms. The van der Waals surface area contributed by atoms with Crippen LogP contribution in [0.1, 0.15) is 31.4 Å². The number of pyridine rings is 1. The third-order valence-corrected chi connectivity index (χ3v) is 2.76. The smallest absolute Gasteiger partial charge is 0.149 e. The molecule has 0 amide bonds. The largest absolute Gasteiger partial charge is 0.396 e. The Hall–Kier alpha value is -1.25. The van der Waals surface area contributed by atoms with Gasteiger partial charge in [0.1, 0.15) is 5.82 Å². The Balaban J connectivity index is 2.10. The fourth-order valence-electron chi connectivity index (χ4n) is 1.95.